The van der Waals surface area contributed by atoms with E-state index in [1.165, 1.54) is 12.8 Å². The molecule has 2 heteroatoms. The van der Waals surface area contributed by atoms with Crippen molar-refractivity contribution in [2.75, 3.05) is 19.6 Å². The van der Waals surface area contributed by atoms with Crippen LogP contribution in [0.1, 0.15) is 33.6 Å². The van der Waals surface area contributed by atoms with Gasteiger partial charge in [-0.25, -0.2) is 0 Å². The molecule has 0 saturated carbocycles. The lowest BCUT2D eigenvalue weighted by Gasteiger charge is -2.38. The standard InChI is InChI=1S/C10H21NO/c1-9(12)7-11-6-4-5-10(2,3)8-11/h9,12H,4-8H2,1-3H3. The molecule has 0 aliphatic carbocycles. The predicted octanol–water partition coefficient (Wildman–Crippen LogP) is 1.49. The van der Waals surface area contributed by atoms with Crippen molar-refractivity contribution in [3.63, 3.8) is 0 Å². The van der Waals surface area contributed by atoms with E-state index in [1.807, 2.05) is 6.92 Å². The van der Waals surface area contributed by atoms with Gasteiger partial charge >= 0.3 is 0 Å². The minimum absolute atomic E-state index is 0.182. The molecule has 1 rings (SSSR count). The van der Waals surface area contributed by atoms with E-state index in [1.54, 1.807) is 0 Å². The summed E-state index contributed by atoms with van der Waals surface area (Å²) in [4.78, 5) is 2.37. The van der Waals surface area contributed by atoms with Crippen LogP contribution in [0.25, 0.3) is 0 Å². The second-order valence-electron chi connectivity index (χ2n) is 4.85. The molecule has 1 aliphatic heterocycles. The summed E-state index contributed by atoms with van der Waals surface area (Å²) >= 11 is 0. The largest absolute Gasteiger partial charge is 0.392 e. The highest BCUT2D eigenvalue weighted by atomic mass is 16.3. The van der Waals surface area contributed by atoms with Gasteiger partial charge in [0.15, 0.2) is 0 Å². The lowest BCUT2D eigenvalue weighted by atomic mass is 9.84. The van der Waals surface area contributed by atoms with Crippen molar-refractivity contribution < 1.29 is 5.11 Å². The van der Waals surface area contributed by atoms with Crippen LogP contribution in [-0.4, -0.2) is 35.7 Å². The van der Waals surface area contributed by atoms with Gasteiger partial charge in [-0.15, -0.1) is 0 Å². The van der Waals surface area contributed by atoms with Crippen LogP contribution in [0, 0.1) is 5.41 Å². The van der Waals surface area contributed by atoms with E-state index in [2.05, 4.69) is 18.7 Å². The molecule has 72 valence electrons. The minimum Gasteiger partial charge on any atom is -0.392 e. The molecule has 0 bridgehead atoms. The molecule has 0 spiro atoms. The second-order valence-corrected chi connectivity index (χ2v) is 4.85. The molecule has 1 heterocycles. The lowest BCUT2D eigenvalue weighted by molar-refractivity contribution is 0.0676. The van der Waals surface area contributed by atoms with E-state index in [-0.39, 0.29) is 6.10 Å². The maximum Gasteiger partial charge on any atom is 0.0639 e. The van der Waals surface area contributed by atoms with Crippen molar-refractivity contribution in [2.45, 2.75) is 39.7 Å². The molecule has 0 amide bonds. The van der Waals surface area contributed by atoms with Crippen LogP contribution in [0.4, 0.5) is 0 Å². The summed E-state index contributed by atoms with van der Waals surface area (Å²) < 4.78 is 0. The van der Waals surface area contributed by atoms with E-state index in [0.717, 1.165) is 19.6 Å². The van der Waals surface area contributed by atoms with Gasteiger partial charge in [-0.3, -0.25) is 0 Å². The van der Waals surface area contributed by atoms with Gasteiger partial charge in [0.1, 0.15) is 0 Å². The Balaban J connectivity index is 2.36. The lowest BCUT2D eigenvalue weighted by Crippen LogP contribution is -2.43. The molecule has 1 aliphatic rings. The third-order valence-electron chi connectivity index (χ3n) is 2.50. The van der Waals surface area contributed by atoms with Gasteiger partial charge < -0.3 is 10.0 Å². The average molecular weight is 171 g/mol. The zero-order chi connectivity index (χ0) is 9.19. The monoisotopic (exact) mass is 171 g/mol. The molecule has 12 heavy (non-hydrogen) atoms. The number of hydrogen-bond donors (Lipinski definition) is 1. The fraction of sp³-hybridized carbons (Fsp3) is 1.00. The Morgan fingerprint density at radius 3 is 2.67 bits per heavy atom. The molecule has 0 aromatic rings. The number of likely N-dealkylation sites (tertiary alicyclic amines) is 1. The maximum absolute atomic E-state index is 9.23. The zero-order valence-electron chi connectivity index (χ0n) is 8.51. The summed E-state index contributed by atoms with van der Waals surface area (Å²) in [5.41, 5.74) is 0.452. The van der Waals surface area contributed by atoms with Crippen molar-refractivity contribution >= 4 is 0 Å². The molecule has 1 unspecified atom stereocenters. The van der Waals surface area contributed by atoms with E-state index >= 15 is 0 Å². The normalized spacial score (nSPS) is 27.0. The molecule has 1 fully saturated rings. The Morgan fingerprint density at radius 1 is 1.50 bits per heavy atom. The Bertz CT molecular complexity index is 143. The van der Waals surface area contributed by atoms with Crippen LogP contribution in [-0.2, 0) is 0 Å². The van der Waals surface area contributed by atoms with Crippen LogP contribution < -0.4 is 0 Å². The number of nitrogens with zero attached hydrogens (tertiary/aromatic N) is 1. The summed E-state index contributed by atoms with van der Waals surface area (Å²) in [5.74, 6) is 0. The van der Waals surface area contributed by atoms with Crippen molar-refractivity contribution in [1.82, 2.24) is 4.90 Å². The van der Waals surface area contributed by atoms with E-state index < -0.39 is 0 Å². The van der Waals surface area contributed by atoms with Gasteiger partial charge in [-0.2, -0.15) is 0 Å². The topological polar surface area (TPSA) is 23.5 Å². The number of hydrogen-bond acceptors (Lipinski definition) is 2. The van der Waals surface area contributed by atoms with Crippen molar-refractivity contribution in [1.29, 1.82) is 0 Å². The van der Waals surface area contributed by atoms with Crippen molar-refractivity contribution in [3.05, 3.63) is 0 Å². The zero-order valence-corrected chi connectivity index (χ0v) is 8.51. The maximum atomic E-state index is 9.23. The molecule has 0 aromatic heterocycles. The highest BCUT2D eigenvalue weighted by Gasteiger charge is 2.26. The van der Waals surface area contributed by atoms with Gasteiger partial charge in [0.2, 0.25) is 0 Å². The number of aliphatic hydroxyl groups excluding tert-OH is 1. The highest BCUT2D eigenvalue weighted by molar-refractivity contribution is 4.80. The third-order valence-corrected chi connectivity index (χ3v) is 2.50. The number of β-amino-alcohol motifs (C(OH)–C–C–N with tert-alkyl or cyclic N) is 1. The SMILES string of the molecule is CC(O)CN1CCCC(C)(C)C1. The van der Waals surface area contributed by atoms with Gasteiger partial charge in [-0.05, 0) is 31.7 Å². The molecule has 1 N–H and O–H groups in total. The molecular formula is C10H21NO. The van der Waals surface area contributed by atoms with Gasteiger partial charge in [0.05, 0.1) is 6.10 Å². The van der Waals surface area contributed by atoms with E-state index in [9.17, 15) is 5.11 Å². The Hall–Kier alpha value is -0.0800. The number of aliphatic hydroxyl groups is 1. The van der Waals surface area contributed by atoms with Gasteiger partial charge in [0.25, 0.3) is 0 Å². The van der Waals surface area contributed by atoms with Crippen molar-refractivity contribution in [3.8, 4) is 0 Å². The predicted molar refractivity (Wildman–Crippen MR) is 51.1 cm³/mol. The summed E-state index contributed by atoms with van der Waals surface area (Å²) in [6, 6.07) is 0. The Labute approximate surface area is 75.6 Å². The summed E-state index contributed by atoms with van der Waals surface area (Å²) in [5, 5.41) is 9.23. The average Bonchev–Trinajstić information content (AvgIpc) is 1.82. The molecule has 1 saturated heterocycles. The summed E-state index contributed by atoms with van der Waals surface area (Å²) in [6.45, 7) is 9.61. The first-order valence-electron chi connectivity index (χ1n) is 4.90. The van der Waals surface area contributed by atoms with Crippen LogP contribution in [0.15, 0.2) is 0 Å². The van der Waals surface area contributed by atoms with E-state index in [4.69, 9.17) is 0 Å². The van der Waals surface area contributed by atoms with Crippen LogP contribution in [0.2, 0.25) is 0 Å². The fourth-order valence-electron chi connectivity index (χ4n) is 2.07. The Morgan fingerprint density at radius 2 is 2.17 bits per heavy atom. The smallest absolute Gasteiger partial charge is 0.0639 e. The van der Waals surface area contributed by atoms with Crippen molar-refractivity contribution in [2.24, 2.45) is 5.41 Å². The first-order chi connectivity index (χ1) is 5.49. The van der Waals surface area contributed by atoms with Crippen LogP contribution in [0.3, 0.4) is 0 Å². The summed E-state index contributed by atoms with van der Waals surface area (Å²) in [6.07, 6.45) is 2.42. The molecular weight excluding hydrogens is 150 g/mol. The number of piperidine rings is 1. The molecule has 0 radical (unpaired) electrons. The number of rotatable bonds is 2. The van der Waals surface area contributed by atoms with Crippen LogP contribution >= 0.6 is 0 Å². The molecule has 1 atom stereocenters. The first kappa shape index (κ1) is 10.0. The minimum atomic E-state index is -0.182. The molecule has 2 nitrogen and oxygen atoms in total. The Kier molecular flexibility index (Phi) is 3.13. The highest BCUT2D eigenvalue weighted by Crippen LogP contribution is 2.28. The van der Waals surface area contributed by atoms with Gasteiger partial charge in [0, 0.05) is 13.1 Å². The third kappa shape index (κ3) is 3.11. The van der Waals surface area contributed by atoms with Crippen LogP contribution in [0.5, 0.6) is 0 Å². The molecule has 0 aromatic carbocycles. The second kappa shape index (κ2) is 3.75. The van der Waals surface area contributed by atoms with E-state index in [0.29, 0.717) is 5.41 Å². The quantitative estimate of drug-likeness (QED) is 0.680. The van der Waals surface area contributed by atoms with Gasteiger partial charge in [-0.1, -0.05) is 13.8 Å². The fourth-order valence-corrected chi connectivity index (χ4v) is 2.07. The summed E-state index contributed by atoms with van der Waals surface area (Å²) in [7, 11) is 0. The first-order valence-corrected chi connectivity index (χ1v) is 4.90.